The number of halogens is 1. The lowest BCUT2D eigenvalue weighted by Crippen LogP contribution is -2.54. The molecule has 3 rings (SSSR count). The van der Waals surface area contributed by atoms with E-state index in [1.165, 1.54) is 43.7 Å². The number of benzene rings is 1. The van der Waals surface area contributed by atoms with Gasteiger partial charge in [-0.2, -0.15) is 5.26 Å². The van der Waals surface area contributed by atoms with Gasteiger partial charge in [0.1, 0.15) is 38.5 Å². The normalized spacial score (nSPS) is 12.6. The van der Waals surface area contributed by atoms with Crippen LogP contribution in [0.25, 0.3) is 10.2 Å². The first-order valence-electron chi connectivity index (χ1n) is 13.6. The van der Waals surface area contributed by atoms with E-state index in [4.69, 9.17) is 24.2 Å². The highest BCUT2D eigenvalue weighted by molar-refractivity contribution is 7.20. The third-order valence-corrected chi connectivity index (χ3v) is 7.85. The number of carbonyl (C=O) groups is 2. The van der Waals surface area contributed by atoms with Gasteiger partial charge in [-0.3, -0.25) is 9.36 Å². The predicted octanol–water partition coefficient (Wildman–Crippen LogP) is 4.61. The van der Waals surface area contributed by atoms with Gasteiger partial charge in [0.25, 0.3) is 5.56 Å². The number of ether oxygens (including phenoxy) is 4. The number of esters is 2. The van der Waals surface area contributed by atoms with E-state index in [0.717, 1.165) is 15.9 Å². The lowest BCUT2D eigenvalue weighted by Gasteiger charge is -2.30. The predicted molar refractivity (Wildman–Crippen MR) is 158 cm³/mol. The van der Waals surface area contributed by atoms with Crippen molar-refractivity contribution in [1.29, 1.82) is 5.26 Å². The van der Waals surface area contributed by atoms with Crippen molar-refractivity contribution in [3.63, 3.8) is 0 Å². The summed E-state index contributed by atoms with van der Waals surface area (Å²) < 4.78 is 38.6. The number of nitriles is 1. The number of thiophene rings is 1. The highest BCUT2D eigenvalue weighted by Crippen LogP contribution is 2.34. The van der Waals surface area contributed by atoms with E-state index >= 15 is 0 Å². The standard InChI is InChI=1S/C30H36FN3O8S/c1-9-40-26(36)23-17(2)22-24(35)34(30(6,7)27(37)42-29(3,4)5)28(38)33(25(22)43-23)16-21(41-14-10-13-32)19-15-18(31)11-12-20(19)39-8/h11-12,15,21H,9-10,14,16H2,1-8H3/t21-/m0/s1. The van der Waals surface area contributed by atoms with Crippen molar-refractivity contribution >= 4 is 33.5 Å². The fourth-order valence-electron chi connectivity index (χ4n) is 4.50. The minimum atomic E-state index is -1.77. The summed E-state index contributed by atoms with van der Waals surface area (Å²) in [7, 11) is 1.39. The summed E-state index contributed by atoms with van der Waals surface area (Å²) in [4.78, 5) is 54.7. The highest BCUT2D eigenvalue weighted by Gasteiger charge is 2.39. The number of methoxy groups -OCH3 is 1. The molecule has 0 spiro atoms. The molecule has 0 saturated carbocycles. The molecule has 0 bridgehead atoms. The van der Waals surface area contributed by atoms with E-state index in [0.29, 0.717) is 0 Å². The number of nitrogens with zero attached hydrogens (tertiary/aromatic N) is 3. The van der Waals surface area contributed by atoms with Gasteiger partial charge in [0.2, 0.25) is 0 Å². The summed E-state index contributed by atoms with van der Waals surface area (Å²) in [6.07, 6.45) is -1.03. The van der Waals surface area contributed by atoms with Gasteiger partial charge in [0.15, 0.2) is 0 Å². The average molecular weight is 618 g/mol. The van der Waals surface area contributed by atoms with Crippen molar-refractivity contribution in [3.8, 4) is 11.8 Å². The van der Waals surface area contributed by atoms with E-state index < -0.39 is 46.2 Å². The van der Waals surface area contributed by atoms with Gasteiger partial charge < -0.3 is 18.9 Å². The SMILES string of the molecule is CCOC(=O)c1sc2c(c1C)c(=O)n(C(C)(C)C(=O)OC(C)(C)C)c(=O)n2C[C@H](OCCC#N)c1cc(F)ccc1OC. The molecule has 2 aromatic heterocycles. The van der Waals surface area contributed by atoms with E-state index in [2.05, 4.69) is 0 Å². The summed E-state index contributed by atoms with van der Waals surface area (Å²) in [6, 6.07) is 5.79. The summed E-state index contributed by atoms with van der Waals surface area (Å²) in [5.74, 6) is -1.82. The summed E-state index contributed by atoms with van der Waals surface area (Å²) in [5, 5.41) is 9.13. The van der Waals surface area contributed by atoms with Crippen LogP contribution >= 0.6 is 11.3 Å². The fraction of sp³-hybridized carbons (Fsp3) is 0.500. The van der Waals surface area contributed by atoms with Gasteiger partial charge >= 0.3 is 17.6 Å². The molecule has 0 unspecified atom stereocenters. The van der Waals surface area contributed by atoms with Gasteiger partial charge in [-0.05, 0) is 72.2 Å². The topological polar surface area (TPSA) is 139 Å². The van der Waals surface area contributed by atoms with Crippen LogP contribution in [0.5, 0.6) is 5.75 Å². The fourth-order valence-corrected chi connectivity index (χ4v) is 5.69. The second kappa shape index (κ2) is 13.1. The third kappa shape index (κ3) is 6.97. The molecule has 2 heterocycles. The van der Waals surface area contributed by atoms with E-state index in [9.17, 15) is 23.6 Å². The minimum absolute atomic E-state index is 0.00866. The van der Waals surface area contributed by atoms with Crippen LogP contribution < -0.4 is 16.0 Å². The molecular formula is C30H36FN3O8S. The maximum atomic E-state index is 14.4. The Morgan fingerprint density at radius 2 is 1.84 bits per heavy atom. The van der Waals surface area contributed by atoms with Crippen molar-refractivity contribution in [2.45, 2.75) is 78.7 Å². The molecular weight excluding hydrogens is 581 g/mol. The number of fused-ring (bicyclic) bond motifs is 1. The van der Waals surface area contributed by atoms with Crippen molar-refractivity contribution in [3.05, 3.63) is 60.9 Å². The van der Waals surface area contributed by atoms with Crippen molar-refractivity contribution in [2.75, 3.05) is 20.3 Å². The van der Waals surface area contributed by atoms with Gasteiger partial charge in [0, 0.05) is 5.56 Å². The van der Waals surface area contributed by atoms with Gasteiger partial charge in [0.05, 0.1) is 44.7 Å². The van der Waals surface area contributed by atoms with E-state index in [-0.39, 0.29) is 58.1 Å². The Balaban J connectivity index is 2.40. The minimum Gasteiger partial charge on any atom is -0.496 e. The van der Waals surface area contributed by atoms with Gasteiger partial charge in [-0.15, -0.1) is 11.3 Å². The maximum absolute atomic E-state index is 14.4. The molecule has 1 atom stereocenters. The Hall–Kier alpha value is -4.02. The van der Waals surface area contributed by atoms with Crippen LogP contribution in [-0.4, -0.2) is 47.0 Å². The monoisotopic (exact) mass is 617 g/mol. The molecule has 0 fully saturated rings. The molecule has 43 heavy (non-hydrogen) atoms. The maximum Gasteiger partial charge on any atom is 0.348 e. The van der Waals surface area contributed by atoms with Crippen LogP contribution in [0.15, 0.2) is 27.8 Å². The van der Waals surface area contributed by atoms with Crippen LogP contribution in [0.3, 0.4) is 0 Å². The number of carbonyl (C=O) groups excluding carboxylic acids is 2. The zero-order chi connectivity index (χ0) is 32.3. The van der Waals surface area contributed by atoms with Crippen molar-refractivity contribution in [1.82, 2.24) is 9.13 Å². The zero-order valence-corrected chi connectivity index (χ0v) is 26.3. The van der Waals surface area contributed by atoms with Crippen LogP contribution in [0.1, 0.15) is 74.9 Å². The molecule has 0 radical (unpaired) electrons. The summed E-state index contributed by atoms with van der Waals surface area (Å²) in [6.45, 7) is 10.7. The molecule has 0 aliphatic carbocycles. The second-order valence-corrected chi connectivity index (χ2v) is 12.2. The molecule has 0 aliphatic rings. The van der Waals surface area contributed by atoms with Crippen molar-refractivity contribution < 1.29 is 32.9 Å². The van der Waals surface area contributed by atoms with Crippen LogP contribution in [-0.2, 0) is 31.1 Å². The molecule has 13 heteroatoms. The molecule has 11 nitrogen and oxygen atoms in total. The molecule has 0 saturated heterocycles. The van der Waals surface area contributed by atoms with Crippen LogP contribution in [0.4, 0.5) is 4.39 Å². The summed E-state index contributed by atoms with van der Waals surface area (Å²) in [5.41, 5.74) is -3.83. The van der Waals surface area contributed by atoms with Crippen LogP contribution in [0, 0.1) is 24.1 Å². The smallest absolute Gasteiger partial charge is 0.348 e. The molecule has 1 aromatic carbocycles. The quantitative estimate of drug-likeness (QED) is 0.223. The second-order valence-electron chi connectivity index (χ2n) is 11.2. The number of hydrogen-bond donors (Lipinski definition) is 0. The lowest BCUT2D eigenvalue weighted by molar-refractivity contribution is -0.164. The molecule has 0 aliphatic heterocycles. The Kier molecular flexibility index (Phi) is 10.2. The van der Waals surface area contributed by atoms with E-state index in [1.54, 1.807) is 34.6 Å². The van der Waals surface area contributed by atoms with Gasteiger partial charge in [-0.1, -0.05) is 0 Å². The average Bonchev–Trinajstić information content (AvgIpc) is 3.26. The molecule has 0 N–H and O–H groups in total. The number of aromatic nitrogens is 2. The first-order valence-corrected chi connectivity index (χ1v) is 14.4. The summed E-state index contributed by atoms with van der Waals surface area (Å²) >= 11 is 0.889. The Morgan fingerprint density at radius 3 is 2.42 bits per heavy atom. The molecule has 0 amide bonds. The Bertz CT molecular complexity index is 1690. The first kappa shape index (κ1) is 33.5. The van der Waals surface area contributed by atoms with Crippen molar-refractivity contribution in [2.24, 2.45) is 0 Å². The highest BCUT2D eigenvalue weighted by atomic mass is 32.1. The molecule has 3 aromatic rings. The van der Waals surface area contributed by atoms with Crippen LogP contribution in [0.2, 0.25) is 0 Å². The first-order chi connectivity index (χ1) is 20.1. The number of aryl methyl sites for hydroxylation is 1. The zero-order valence-electron chi connectivity index (χ0n) is 25.5. The van der Waals surface area contributed by atoms with Gasteiger partial charge in [-0.25, -0.2) is 23.3 Å². The van der Waals surface area contributed by atoms with E-state index in [1.807, 2.05) is 6.07 Å². The third-order valence-electron chi connectivity index (χ3n) is 6.55. The largest absolute Gasteiger partial charge is 0.496 e. The lowest BCUT2D eigenvalue weighted by atomic mass is 10.0. The molecule has 232 valence electrons. The number of rotatable bonds is 11. The Morgan fingerprint density at radius 1 is 1.16 bits per heavy atom. The Labute approximate surface area is 252 Å². The number of hydrogen-bond acceptors (Lipinski definition) is 10.